The maximum absolute atomic E-state index is 12.9. The Hall–Kier alpha value is -4.01. The normalized spacial score (nSPS) is 17.4. The fourth-order valence-electron chi connectivity index (χ4n) is 5.33. The van der Waals surface area contributed by atoms with Gasteiger partial charge in [0.2, 0.25) is 11.8 Å². The summed E-state index contributed by atoms with van der Waals surface area (Å²) in [5.74, 6) is -0.0299. The number of aryl methyl sites for hydroxylation is 1. The molecule has 8 nitrogen and oxygen atoms in total. The number of nitrogens with one attached hydrogen (secondary N) is 3. The highest BCUT2D eigenvalue weighted by Crippen LogP contribution is 2.27. The van der Waals surface area contributed by atoms with Crippen LogP contribution in [0.4, 0.5) is 11.4 Å². The molecule has 0 aliphatic carbocycles. The Morgan fingerprint density at radius 3 is 2.23 bits per heavy atom. The van der Waals surface area contributed by atoms with Gasteiger partial charge < -0.3 is 20.9 Å². The molecule has 0 radical (unpaired) electrons. The summed E-state index contributed by atoms with van der Waals surface area (Å²) in [6, 6.07) is 21.2. The topological polar surface area (TPSA) is 93.8 Å². The molecule has 3 aromatic carbocycles. The van der Waals surface area contributed by atoms with E-state index in [0.717, 1.165) is 80.2 Å². The van der Waals surface area contributed by atoms with Gasteiger partial charge in [-0.3, -0.25) is 19.3 Å². The molecule has 3 N–H and O–H groups in total. The molecule has 2 aliphatic heterocycles. The minimum absolute atomic E-state index is 0.000134. The van der Waals surface area contributed by atoms with Crippen molar-refractivity contribution in [3.05, 3.63) is 83.4 Å². The predicted molar refractivity (Wildman–Crippen MR) is 158 cm³/mol. The molecule has 0 bridgehead atoms. The third kappa shape index (κ3) is 6.76. The fraction of sp³-hybridized carbons (Fsp3) is 0.344. The van der Waals surface area contributed by atoms with E-state index in [1.807, 2.05) is 78.6 Å². The van der Waals surface area contributed by atoms with E-state index >= 15 is 0 Å². The van der Waals surface area contributed by atoms with E-state index in [1.165, 1.54) is 5.56 Å². The third-order valence-electron chi connectivity index (χ3n) is 7.78. The van der Waals surface area contributed by atoms with Crippen LogP contribution >= 0.6 is 0 Å². The van der Waals surface area contributed by atoms with Gasteiger partial charge in [0.1, 0.15) is 0 Å². The van der Waals surface area contributed by atoms with Crippen molar-refractivity contribution < 1.29 is 14.4 Å². The minimum atomic E-state index is -0.165. The molecule has 2 fully saturated rings. The Balaban J connectivity index is 1.17. The first-order valence-corrected chi connectivity index (χ1v) is 14.0. The van der Waals surface area contributed by atoms with E-state index in [-0.39, 0.29) is 23.8 Å². The Morgan fingerprint density at radius 2 is 1.57 bits per heavy atom. The lowest BCUT2D eigenvalue weighted by Crippen LogP contribution is -2.47. The molecule has 0 aromatic heterocycles. The van der Waals surface area contributed by atoms with Gasteiger partial charge in [-0.2, -0.15) is 0 Å². The molecule has 0 saturated carbocycles. The summed E-state index contributed by atoms with van der Waals surface area (Å²) in [7, 11) is 0. The fourth-order valence-corrected chi connectivity index (χ4v) is 5.33. The van der Waals surface area contributed by atoms with Gasteiger partial charge in [0.25, 0.3) is 5.91 Å². The average Bonchev–Trinajstić information content (AvgIpc) is 3.51. The number of hydrogen-bond acceptors (Lipinski definition) is 5. The highest BCUT2D eigenvalue weighted by molar-refractivity contribution is 6.04. The second-order valence-electron chi connectivity index (χ2n) is 10.7. The van der Waals surface area contributed by atoms with E-state index in [2.05, 4.69) is 20.9 Å². The molecular weight excluding hydrogens is 502 g/mol. The van der Waals surface area contributed by atoms with Gasteiger partial charge in [0.05, 0.1) is 6.04 Å². The largest absolute Gasteiger partial charge is 0.340 e. The lowest BCUT2D eigenvalue weighted by atomic mass is 9.98. The summed E-state index contributed by atoms with van der Waals surface area (Å²) in [6.07, 6.45) is 1.88. The Labute approximate surface area is 235 Å². The van der Waals surface area contributed by atoms with Crippen molar-refractivity contribution in [2.24, 2.45) is 0 Å². The lowest BCUT2D eigenvalue weighted by molar-refractivity contribution is -0.130. The van der Waals surface area contributed by atoms with Gasteiger partial charge in [-0.15, -0.1) is 0 Å². The molecule has 1 atom stereocenters. The van der Waals surface area contributed by atoms with E-state index < -0.39 is 0 Å². The number of anilines is 2. The van der Waals surface area contributed by atoms with Gasteiger partial charge in [0, 0.05) is 56.6 Å². The predicted octanol–water partition coefficient (Wildman–Crippen LogP) is 4.27. The maximum Gasteiger partial charge on any atom is 0.255 e. The number of carbonyl (C=O) groups excluding carboxylic acids is 3. The molecule has 0 spiro atoms. The summed E-state index contributed by atoms with van der Waals surface area (Å²) in [5, 5.41) is 9.24. The lowest BCUT2D eigenvalue weighted by Gasteiger charge is -2.34. The van der Waals surface area contributed by atoms with Gasteiger partial charge in [-0.1, -0.05) is 30.3 Å². The summed E-state index contributed by atoms with van der Waals surface area (Å²) in [4.78, 5) is 41.2. The number of piperazine rings is 1. The van der Waals surface area contributed by atoms with Gasteiger partial charge >= 0.3 is 0 Å². The smallest absolute Gasteiger partial charge is 0.255 e. The second-order valence-corrected chi connectivity index (χ2v) is 10.7. The number of nitrogens with zero attached hydrogens (tertiary/aromatic N) is 2. The van der Waals surface area contributed by atoms with E-state index in [9.17, 15) is 14.4 Å². The standard InChI is InChI=1S/C32H37N5O3/c1-22-5-12-28(35-32(40)30-4-3-15-33-30)20-29(22)25-8-10-26(11-9-25)31(39)34-27-13-6-24(7-14-27)21-36-16-18-37(19-17-36)23(2)38/h5-14,20,30,33H,3-4,15-19,21H2,1-2H3,(H,34,39)(H,35,40)/t30-/m0/s1. The summed E-state index contributed by atoms with van der Waals surface area (Å²) in [5.41, 5.74) is 6.35. The van der Waals surface area contributed by atoms with E-state index in [1.54, 1.807) is 6.92 Å². The van der Waals surface area contributed by atoms with Crippen molar-refractivity contribution in [3.63, 3.8) is 0 Å². The van der Waals surface area contributed by atoms with Crippen LogP contribution in [0.5, 0.6) is 0 Å². The quantitative estimate of drug-likeness (QED) is 0.417. The number of carbonyl (C=O) groups is 3. The Kier molecular flexibility index (Phi) is 8.57. The summed E-state index contributed by atoms with van der Waals surface area (Å²) >= 11 is 0. The van der Waals surface area contributed by atoms with Crippen LogP contribution in [-0.4, -0.2) is 66.3 Å². The molecule has 3 aromatic rings. The van der Waals surface area contributed by atoms with Crippen molar-refractivity contribution in [2.45, 2.75) is 39.3 Å². The zero-order valence-electron chi connectivity index (χ0n) is 23.2. The summed E-state index contributed by atoms with van der Waals surface area (Å²) in [6.45, 7) is 8.62. The zero-order chi connectivity index (χ0) is 28.1. The molecular formula is C32H37N5O3. The van der Waals surface area contributed by atoms with Crippen LogP contribution in [0, 0.1) is 6.92 Å². The maximum atomic E-state index is 12.9. The first-order valence-electron chi connectivity index (χ1n) is 14.0. The van der Waals surface area contributed by atoms with E-state index in [0.29, 0.717) is 5.56 Å². The average molecular weight is 540 g/mol. The van der Waals surface area contributed by atoms with Crippen LogP contribution in [0.3, 0.4) is 0 Å². The van der Waals surface area contributed by atoms with E-state index in [4.69, 9.17) is 0 Å². The van der Waals surface area contributed by atoms with Crippen LogP contribution in [0.25, 0.3) is 11.1 Å². The molecule has 208 valence electrons. The highest BCUT2D eigenvalue weighted by atomic mass is 16.2. The van der Waals surface area contributed by atoms with Crippen LogP contribution in [0.2, 0.25) is 0 Å². The third-order valence-corrected chi connectivity index (χ3v) is 7.78. The number of amides is 3. The van der Waals surface area contributed by atoms with Gasteiger partial charge in [-0.05, 0) is 85.0 Å². The number of rotatable bonds is 7. The molecule has 2 aliphatic rings. The number of hydrogen-bond donors (Lipinski definition) is 3. The first kappa shape index (κ1) is 27.6. The molecule has 3 amide bonds. The second kappa shape index (κ2) is 12.4. The van der Waals surface area contributed by atoms with Gasteiger partial charge in [-0.25, -0.2) is 0 Å². The Morgan fingerprint density at radius 1 is 0.875 bits per heavy atom. The van der Waals surface area contributed by atoms with Gasteiger partial charge in [0.15, 0.2) is 0 Å². The first-order chi connectivity index (χ1) is 19.4. The monoisotopic (exact) mass is 539 g/mol. The van der Waals surface area contributed by atoms with Crippen molar-refractivity contribution in [2.75, 3.05) is 43.4 Å². The molecule has 2 saturated heterocycles. The molecule has 8 heteroatoms. The van der Waals surface area contributed by atoms with Crippen molar-refractivity contribution in [1.82, 2.24) is 15.1 Å². The van der Waals surface area contributed by atoms with Crippen LogP contribution < -0.4 is 16.0 Å². The minimum Gasteiger partial charge on any atom is -0.340 e. The Bertz CT molecular complexity index is 1360. The highest BCUT2D eigenvalue weighted by Gasteiger charge is 2.22. The molecule has 2 heterocycles. The van der Waals surface area contributed by atoms with Crippen molar-refractivity contribution in [3.8, 4) is 11.1 Å². The molecule has 5 rings (SSSR count). The number of benzene rings is 3. The van der Waals surface area contributed by atoms with Crippen LogP contribution in [0.15, 0.2) is 66.7 Å². The van der Waals surface area contributed by atoms with Crippen molar-refractivity contribution in [1.29, 1.82) is 0 Å². The van der Waals surface area contributed by atoms with Crippen molar-refractivity contribution >= 4 is 29.1 Å². The molecule has 0 unspecified atom stereocenters. The SMILES string of the molecule is CC(=O)N1CCN(Cc2ccc(NC(=O)c3ccc(-c4cc(NC(=O)[C@@H]5CCCN5)ccc4C)cc3)cc2)CC1. The zero-order valence-corrected chi connectivity index (χ0v) is 23.2. The van der Waals surface area contributed by atoms with Crippen LogP contribution in [-0.2, 0) is 16.1 Å². The van der Waals surface area contributed by atoms with Crippen LogP contribution in [0.1, 0.15) is 41.3 Å². The molecule has 40 heavy (non-hydrogen) atoms. The summed E-state index contributed by atoms with van der Waals surface area (Å²) < 4.78 is 0.